The van der Waals surface area contributed by atoms with Crippen molar-refractivity contribution in [2.75, 3.05) is 18.4 Å². The summed E-state index contributed by atoms with van der Waals surface area (Å²) in [6, 6.07) is 2.36. The van der Waals surface area contributed by atoms with Crippen LogP contribution in [-0.2, 0) is 0 Å². The van der Waals surface area contributed by atoms with Crippen molar-refractivity contribution in [1.29, 1.82) is 0 Å². The van der Waals surface area contributed by atoms with E-state index >= 15 is 0 Å². The maximum Gasteiger partial charge on any atom is 0.257 e. The van der Waals surface area contributed by atoms with Gasteiger partial charge >= 0.3 is 0 Å². The highest BCUT2D eigenvalue weighted by molar-refractivity contribution is 5.99. The minimum atomic E-state index is 0.136. The molecule has 0 aliphatic carbocycles. The molecule has 1 amide bonds. The second kappa shape index (κ2) is 7.43. The van der Waals surface area contributed by atoms with E-state index in [0.29, 0.717) is 11.6 Å². The number of carbonyl (C=O) groups excluding carboxylic acids is 1. The second-order valence-electron chi connectivity index (χ2n) is 5.84. The van der Waals surface area contributed by atoms with Gasteiger partial charge < -0.3 is 10.2 Å². The van der Waals surface area contributed by atoms with Gasteiger partial charge in [0.2, 0.25) is 0 Å². The van der Waals surface area contributed by atoms with Crippen molar-refractivity contribution in [1.82, 2.24) is 9.88 Å². The Morgan fingerprint density at radius 2 is 2.24 bits per heavy atom. The molecule has 0 aromatic carbocycles. The average molecular weight is 289 g/mol. The molecule has 1 aromatic rings. The van der Waals surface area contributed by atoms with Gasteiger partial charge in [-0.25, -0.2) is 0 Å². The van der Waals surface area contributed by atoms with Gasteiger partial charge in [-0.3, -0.25) is 9.78 Å². The summed E-state index contributed by atoms with van der Waals surface area (Å²) < 4.78 is 0. The number of hydrogen-bond acceptors (Lipinski definition) is 3. The smallest absolute Gasteiger partial charge is 0.257 e. The summed E-state index contributed by atoms with van der Waals surface area (Å²) in [5.41, 5.74) is 2.56. The predicted molar refractivity (Wildman–Crippen MR) is 86.7 cm³/mol. The van der Waals surface area contributed by atoms with Crippen LogP contribution in [0.4, 0.5) is 5.69 Å². The highest BCUT2D eigenvalue weighted by atomic mass is 16.2. The van der Waals surface area contributed by atoms with Gasteiger partial charge in [-0.05, 0) is 45.6 Å². The summed E-state index contributed by atoms with van der Waals surface area (Å²) in [7, 11) is 0. The van der Waals surface area contributed by atoms with Gasteiger partial charge in [0.05, 0.1) is 11.3 Å². The van der Waals surface area contributed by atoms with Gasteiger partial charge in [-0.2, -0.15) is 0 Å². The van der Waals surface area contributed by atoms with Crippen LogP contribution in [0.3, 0.4) is 0 Å². The quantitative estimate of drug-likeness (QED) is 0.900. The second-order valence-corrected chi connectivity index (χ2v) is 5.84. The topological polar surface area (TPSA) is 45.2 Å². The lowest BCUT2D eigenvalue weighted by molar-refractivity contribution is 0.0601. The molecule has 1 aliphatic heterocycles. The van der Waals surface area contributed by atoms with Crippen LogP contribution in [0.2, 0.25) is 0 Å². The molecule has 4 nitrogen and oxygen atoms in total. The minimum absolute atomic E-state index is 0.136. The van der Waals surface area contributed by atoms with Gasteiger partial charge in [0.1, 0.15) is 0 Å². The first-order valence-corrected chi connectivity index (χ1v) is 8.18. The van der Waals surface area contributed by atoms with E-state index in [4.69, 9.17) is 0 Å². The summed E-state index contributed by atoms with van der Waals surface area (Å²) in [4.78, 5) is 19.3. The first kappa shape index (κ1) is 15.8. The van der Waals surface area contributed by atoms with Crippen LogP contribution in [0.15, 0.2) is 12.3 Å². The molecule has 1 aliphatic rings. The zero-order valence-electron chi connectivity index (χ0n) is 13.5. The Bertz CT molecular complexity index is 485. The molecule has 1 N–H and O–H groups in total. The molecule has 1 saturated heterocycles. The molecule has 1 fully saturated rings. The summed E-state index contributed by atoms with van der Waals surface area (Å²) >= 11 is 0. The van der Waals surface area contributed by atoms with Crippen molar-refractivity contribution in [2.24, 2.45) is 0 Å². The monoisotopic (exact) mass is 289 g/mol. The summed E-state index contributed by atoms with van der Waals surface area (Å²) in [5.74, 6) is 0.136. The number of nitrogens with zero attached hydrogens (tertiary/aromatic N) is 2. The fourth-order valence-electron chi connectivity index (χ4n) is 3.12. The molecule has 2 heterocycles. The van der Waals surface area contributed by atoms with Crippen LogP contribution in [0, 0.1) is 6.92 Å². The number of hydrogen-bond donors (Lipinski definition) is 1. The summed E-state index contributed by atoms with van der Waals surface area (Å²) in [6.07, 6.45) is 7.44. The fourth-order valence-corrected chi connectivity index (χ4v) is 3.12. The van der Waals surface area contributed by atoms with Gasteiger partial charge in [0, 0.05) is 31.0 Å². The number of aromatic nitrogens is 1. The third kappa shape index (κ3) is 3.74. The lowest BCUT2D eigenvalue weighted by Gasteiger charge is -2.36. The number of aryl methyl sites for hydroxylation is 1. The number of piperidine rings is 1. The minimum Gasteiger partial charge on any atom is -0.385 e. The molecule has 1 atom stereocenters. The number of amides is 1. The van der Waals surface area contributed by atoms with Crippen molar-refractivity contribution < 1.29 is 4.79 Å². The van der Waals surface area contributed by atoms with Crippen molar-refractivity contribution in [2.45, 2.75) is 58.9 Å². The first-order chi connectivity index (χ1) is 10.2. The van der Waals surface area contributed by atoms with Gasteiger partial charge in [0.15, 0.2) is 0 Å². The normalized spacial score (nSPS) is 18.6. The molecular formula is C17H27N3O. The number of nitrogens with one attached hydrogen (secondary N) is 1. The van der Waals surface area contributed by atoms with E-state index in [0.717, 1.165) is 50.2 Å². The van der Waals surface area contributed by atoms with E-state index < -0.39 is 0 Å². The van der Waals surface area contributed by atoms with Gasteiger partial charge in [0.25, 0.3) is 5.91 Å². The first-order valence-electron chi connectivity index (χ1n) is 8.18. The van der Waals surface area contributed by atoms with Crippen LogP contribution in [0.5, 0.6) is 0 Å². The molecule has 0 spiro atoms. The Morgan fingerprint density at radius 1 is 1.43 bits per heavy atom. The largest absolute Gasteiger partial charge is 0.385 e. The number of anilines is 1. The third-order valence-electron chi connectivity index (χ3n) is 4.15. The maximum absolute atomic E-state index is 12.9. The Morgan fingerprint density at radius 3 is 2.95 bits per heavy atom. The number of rotatable bonds is 5. The molecule has 1 unspecified atom stereocenters. The van der Waals surface area contributed by atoms with Crippen LogP contribution in [-0.4, -0.2) is 34.9 Å². The van der Waals surface area contributed by atoms with Crippen LogP contribution in [0.25, 0.3) is 0 Å². The van der Waals surface area contributed by atoms with Crippen molar-refractivity contribution in [3.05, 3.63) is 23.5 Å². The van der Waals surface area contributed by atoms with E-state index in [1.54, 1.807) is 6.20 Å². The molecule has 2 rings (SSSR count). The van der Waals surface area contributed by atoms with E-state index in [9.17, 15) is 4.79 Å². The van der Waals surface area contributed by atoms with E-state index in [-0.39, 0.29) is 5.91 Å². The summed E-state index contributed by atoms with van der Waals surface area (Å²) in [5, 5.41) is 3.30. The molecule has 0 bridgehead atoms. The molecule has 116 valence electrons. The Labute approximate surface area is 127 Å². The fraction of sp³-hybridized carbons (Fsp3) is 0.647. The number of likely N-dealkylation sites (tertiary alicyclic amines) is 1. The highest BCUT2D eigenvalue weighted by Crippen LogP contribution is 2.25. The van der Waals surface area contributed by atoms with Crippen molar-refractivity contribution >= 4 is 11.6 Å². The zero-order valence-corrected chi connectivity index (χ0v) is 13.5. The lowest BCUT2D eigenvalue weighted by Crippen LogP contribution is -2.43. The number of carbonyl (C=O) groups is 1. The Balaban J connectivity index is 2.25. The van der Waals surface area contributed by atoms with Crippen LogP contribution >= 0.6 is 0 Å². The Kier molecular flexibility index (Phi) is 5.59. The molecule has 1 aromatic heterocycles. The standard InChI is InChI=1S/C17H27N3O/c1-4-8-14-9-6-7-10-20(14)17(21)15-12-19-13(3)11-16(15)18-5-2/h11-12,14H,4-10H2,1-3H3,(H,18,19). The highest BCUT2D eigenvalue weighted by Gasteiger charge is 2.28. The molecular weight excluding hydrogens is 262 g/mol. The average Bonchev–Trinajstić information content (AvgIpc) is 2.48. The maximum atomic E-state index is 12.9. The number of pyridine rings is 1. The molecule has 21 heavy (non-hydrogen) atoms. The third-order valence-corrected chi connectivity index (χ3v) is 4.15. The SMILES string of the molecule is CCCC1CCCCN1C(=O)c1cnc(C)cc1NCC. The van der Waals surface area contributed by atoms with E-state index in [2.05, 4.69) is 22.1 Å². The van der Waals surface area contributed by atoms with Crippen LogP contribution < -0.4 is 5.32 Å². The summed E-state index contributed by atoms with van der Waals surface area (Å²) in [6.45, 7) is 7.88. The zero-order chi connectivity index (χ0) is 15.2. The molecule has 0 saturated carbocycles. The van der Waals surface area contributed by atoms with Crippen molar-refractivity contribution in [3.8, 4) is 0 Å². The van der Waals surface area contributed by atoms with Crippen molar-refractivity contribution in [3.63, 3.8) is 0 Å². The molecule has 4 heteroatoms. The van der Waals surface area contributed by atoms with E-state index in [1.807, 2.05) is 19.9 Å². The lowest BCUT2D eigenvalue weighted by atomic mass is 9.97. The predicted octanol–water partition coefficient (Wildman–Crippen LogP) is 3.62. The van der Waals surface area contributed by atoms with E-state index in [1.165, 1.54) is 6.42 Å². The Hall–Kier alpha value is -1.58. The van der Waals surface area contributed by atoms with Gasteiger partial charge in [-0.1, -0.05) is 13.3 Å². The molecule has 0 radical (unpaired) electrons. The van der Waals surface area contributed by atoms with Crippen LogP contribution in [0.1, 0.15) is 62.0 Å². The van der Waals surface area contributed by atoms with Gasteiger partial charge in [-0.15, -0.1) is 0 Å².